The van der Waals surface area contributed by atoms with Crippen molar-refractivity contribution in [1.82, 2.24) is 10.2 Å². The molecule has 0 aromatic carbocycles. The number of hydrogen-bond acceptors (Lipinski definition) is 3. The summed E-state index contributed by atoms with van der Waals surface area (Å²) in [5.41, 5.74) is 1.76. The Morgan fingerprint density at radius 1 is 1.40 bits per heavy atom. The maximum atomic E-state index is 5.71. The van der Waals surface area contributed by atoms with Crippen molar-refractivity contribution in [2.75, 3.05) is 19.6 Å². The molecule has 0 atom stereocenters. The van der Waals surface area contributed by atoms with Crippen LogP contribution in [0.2, 0.25) is 0 Å². The molecule has 1 aromatic rings. The van der Waals surface area contributed by atoms with Gasteiger partial charge in [-0.25, -0.2) is 0 Å². The summed E-state index contributed by atoms with van der Waals surface area (Å²) >= 11 is 0. The van der Waals surface area contributed by atoms with Crippen LogP contribution in [0.3, 0.4) is 0 Å². The number of rotatable bonds is 6. The number of nitrogens with one attached hydrogen (secondary N) is 1. The van der Waals surface area contributed by atoms with Crippen molar-refractivity contribution in [2.24, 2.45) is 11.3 Å². The van der Waals surface area contributed by atoms with E-state index in [1.807, 2.05) is 6.26 Å². The first kappa shape index (κ1) is 15.6. The van der Waals surface area contributed by atoms with Crippen LogP contribution in [0.4, 0.5) is 0 Å². The first-order valence-corrected chi connectivity index (χ1v) is 7.94. The normalized spacial score (nSPS) is 19.6. The molecule has 1 N–H and O–H groups in total. The molecule has 0 amide bonds. The van der Waals surface area contributed by atoms with E-state index in [9.17, 15) is 0 Å². The van der Waals surface area contributed by atoms with E-state index in [1.54, 1.807) is 0 Å². The number of likely N-dealkylation sites (tertiary alicyclic amines) is 1. The summed E-state index contributed by atoms with van der Waals surface area (Å²) in [6.45, 7) is 14.5. The summed E-state index contributed by atoms with van der Waals surface area (Å²) in [7, 11) is 0. The Morgan fingerprint density at radius 3 is 2.90 bits per heavy atom. The summed E-state index contributed by atoms with van der Waals surface area (Å²) in [5.74, 6) is 1.83. The second kappa shape index (κ2) is 6.77. The van der Waals surface area contributed by atoms with Crippen molar-refractivity contribution in [2.45, 2.75) is 53.6 Å². The zero-order valence-electron chi connectivity index (χ0n) is 13.5. The fraction of sp³-hybridized carbons (Fsp3) is 0.765. The number of furan rings is 1. The van der Waals surface area contributed by atoms with Gasteiger partial charge in [-0.15, -0.1) is 0 Å². The lowest BCUT2D eigenvalue weighted by Crippen LogP contribution is -2.39. The van der Waals surface area contributed by atoms with Crippen LogP contribution in [0.1, 0.15) is 51.9 Å². The van der Waals surface area contributed by atoms with Crippen LogP contribution in [0.25, 0.3) is 0 Å². The lowest BCUT2D eigenvalue weighted by atomic mass is 9.84. The number of hydrogen-bond donors (Lipinski definition) is 1. The topological polar surface area (TPSA) is 28.4 Å². The van der Waals surface area contributed by atoms with Gasteiger partial charge in [-0.05, 0) is 43.3 Å². The average Bonchev–Trinajstić information content (AvgIpc) is 2.75. The standard InChI is InChI=1S/C17H30N2O/c1-14(2)10-18-11-15-6-9-20-16(15)12-19-8-5-7-17(3,4)13-19/h6,9,14,18H,5,7-8,10-13H2,1-4H3. The number of nitrogens with zero attached hydrogens (tertiary/aromatic N) is 1. The van der Waals surface area contributed by atoms with Gasteiger partial charge in [-0.1, -0.05) is 27.7 Å². The molecule has 1 aromatic heterocycles. The summed E-state index contributed by atoms with van der Waals surface area (Å²) in [6, 6.07) is 2.11. The summed E-state index contributed by atoms with van der Waals surface area (Å²) in [5, 5.41) is 3.50. The highest BCUT2D eigenvalue weighted by atomic mass is 16.3. The van der Waals surface area contributed by atoms with Crippen molar-refractivity contribution >= 4 is 0 Å². The maximum absolute atomic E-state index is 5.71. The molecule has 1 saturated heterocycles. The molecule has 0 bridgehead atoms. The molecular formula is C17H30N2O. The monoisotopic (exact) mass is 278 g/mol. The molecule has 2 heterocycles. The molecule has 0 unspecified atom stereocenters. The highest BCUT2D eigenvalue weighted by Crippen LogP contribution is 2.29. The lowest BCUT2D eigenvalue weighted by Gasteiger charge is -2.37. The molecule has 20 heavy (non-hydrogen) atoms. The molecule has 0 spiro atoms. The van der Waals surface area contributed by atoms with Gasteiger partial charge in [-0.3, -0.25) is 4.90 Å². The van der Waals surface area contributed by atoms with Gasteiger partial charge in [-0.2, -0.15) is 0 Å². The van der Waals surface area contributed by atoms with Crippen LogP contribution in [0.5, 0.6) is 0 Å². The zero-order valence-corrected chi connectivity index (χ0v) is 13.5. The molecule has 0 saturated carbocycles. The predicted octanol–water partition coefficient (Wildman–Crippen LogP) is 3.65. The van der Waals surface area contributed by atoms with Gasteiger partial charge in [0, 0.05) is 18.7 Å². The molecule has 0 radical (unpaired) electrons. The van der Waals surface area contributed by atoms with E-state index >= 15 is 0 Å². The van der Waals surface area contributed by atoms with E-state index in [4.69, 9.17) is 4.42 Å². The first-order chi connectivity index (χ1) is 9.46. The van der Waals surface area contributed by atoms with Gasteiger partial charge in [0.15, 0.2) is 0 Å². The Labute approximate surface area is 123 Å². The minimum atomic E-state index is 0.445. The lowest BCUT2D eigenvalue weighted by molar-refractivity contribution is 0.104. The van der Waals surface area contributed by atoms with E-state index < -0.39 is 0 Å². The Bertz CT molecular complexity index is 409. The molecule has 3 nitrogen and oxygen atoms in total. The Kier molecular flexibility index (Phi) is 5.28. The van der Waals surface area contributed by atoms with E-state index in [2.05, 4.69) is 44.0 Å². The third-order valence-corrected chi connectivity index (χ3v) is 4.05. The molecule has 114 valence electrons. The van der Waals surface area contributed by atoms with Gasteiger partial charge in [0.25, 0.3) is 0 Å². The second-order valence-electron chi connectivity index (χ2n) is 7.37. The predicted molar refractivity (Wildman–Crippen MR) is 83.5 cm³/mol. The maximum Gasteiger partial charge on any atom is 0.122 e. The fourth-order valence-corrected chi connectivity index (χ4v) is 3.04. The summed E-state index contributed by atoms with van der Waals surface area (Å²) in [4.78, 5) is 2.54. The van der Waals surface area contributed by atoms with Crippen molar-refractivity contribution in [3.05, 3.63) is 23.7 Å². The first-order valence-electron chi connectivity index (χ1n) is 7.94. The van der Waals surface area contributed by atoms with Crippen LogP contribution in [0.15, 0.2) is 16.7 Å². The molecule has 1 aliphatic heterocycles. The molecule has 3 heteroatoms. The highest BCUT2D eigenvalue weighted by molar-refractivity contribution is 5.17. The zero-order chi connectivity index (χ0) is 14.6. The van der Waals surface area contributed by atoms with Crippen molar-refractivity contribution in [1.29, 1.82) is 0 Å². The smallest absolute Gasteiger partial charge is 0.122 e. The van der Waals surface area contributed by atoms with Crippen molar-refractivity contribution in [3.8, 4) is 0 Å². The van der Waals surface area contributed by atoms with Crippen LogP contribution in [-0.4, -0.2) is 24.5 Å². The molecular weight excluding hydrogens is 248 g/mol. The SMILES string of the molecule is CC(C)CNCc1ccoc1CN1CCCC(C)(C)C1. The summed E-state index contributed by atoms with van der Waals surface area (Å²) < 4.78 is 5.71. The number of piperidine rings is 1. The Balaban J connectivity index is 1.88. The Morgan fingerprint density at radius 2 is 2.20 bits per heavy atom. The van der Waals surface area contributed by atoms with Gasteiger partial charge >= 0.3 is 0 Å². The molecule has 1 aliphatic rings. The minimum Gasteiger partial charge on any atom is -0.468 e. The van der Waals surface area contributed by atoms with Crippen LogP contribution < -0.4 is 5.32 Å². The second-order valence-corrected chi connectivity index (χ2v) is 7.37. The van der Waals surface area contributed by atoms with Gasteiger partial charge in [0.05, 0.1) is 12.8 Å². The van der Waals surface area contributed by atoms with Crippen LogP contribution in [-0.2, 0) is 13.1 Å². The fourth-order valence-electron chi connectivity index (χ4n) is 3.04. The molecule has 2 rings (SSSR count). The minimum absolute atomic E-state index is 0.445. The van der Waals surface area contributed by atoms with Crippen molar-refractivity contribution in [3.63, 3.8) is 0 Å². The van der Waals surface area contributed by atoms with Gasteiger partial charge < -0.3 is 9.73 Å². The van der Waals surface area contributed by atoms with E-state index in [-0.39, 0.29) is 0 Å². The third kappa shape index (κ3) is 4.64. The highest BCUT2D eigenvalue weighted by Gasteiger charge is 2.27. The quantitative estimate of drug-likeness (QED) is 0.861. The molecule has 1 fully saturated rings. The van der Waals surface area contributed by atoms with Gasteiger partial charge in [0.2, 0.25) is 0 Å². The van der Waals surface area contributed by atoms with E-state index in [0.29, 0.717) is 11.3 Å². The molecule has 0 aliphatic carbocycles. The van der Waals surface area contributed by atoms with Gasteiger partial charge in [0.1, 0.15) is 5.76 Å². The van der Waals surface area contributed by atoms with E-state index in [0.717, 1.165) is 25.4 Å². The van der Waals surface area contributed by atoms with Crippen LogP contribution >= 0.6 is 0 Å². The average molecular weight is 278 g/mol. The van der Waals surface area contributed by atoms with Crippen LogP contribution in [0, 0.1) is 11.3 Å². The summed E-state index contributed by atoms with van der Waals surface area (Å²) in [6.07, 6.45) is 4.47. The van der Waals surface area contributed by atoms with E-state index in [1.165, 1.54) is 31.5 Å². The Hall–Kier alpha value is -0.800. The largest absolute Gasteiger partial charge is 0.468 e. The third-order valence-electron chi connectivity index (χ3n) is 4.05. The van der Waals surface area contributed by atoms with Crippen molar-refractivity contribution < 1.29 is 4.42 Å².